The largest absolute Gasteiger partial charge is 0.381 e. The molecule has 1 fully saturated rings. The van der Waals surface area contributed by atoms with Crippen molar-refractivity contribution in [2.24, 2.45) is 18.2 Å². The Labute approximate surface area is 94.6 Å². The van der Waals surface area contributed by atoms with Gasteiger partial charge in [0.15, 0.2) is 5.78 Å². The van der Waals surface area contributed by atoms with E-state index in [0.717, 1.165) is 0 Å². The lowest BCUT2D eigenvalue weighted by molar-refractivity contribution is 0.0200. The quantitative estimate of drug-likeness (QED) is 0.751. The van der Waals surface area contributed by atoms with Crippen molar-refractivity contribution in [2.75, 3.05) is 19.8 Å². The maximum Gasteiger partial charge on any atom is 0.173 e. The number of carbonyl (C=O) groups excluding carboxylic acids is 1. The molecule has 1 aromatic heterocycles. The van der Waals surface area contributed by atoms with E-state index in [1.165, 1.54) is 0 Å². The first-order valence-corrected chi connectivity index (χ1v) is 5.49. The van der Waals surface area contributed by atoms with Crippen molar-refractivity contribution < 1.29 is 9.53 Å². The molecule has 88 valence electrons. The number of ketones is 1. The Hall–Kier alpha value is -1.20. The first kappa shape index (κ1) is 11.3. The molecule has 16 heavy (non-hydrogen) atoms. The molecule has 1 aliphatic heterocycles. The summed E-state index contributed by atoms with van der Waals surface area (Å²) < 4.78 is 6.92. The van der Waals surface area contributed by atoms with Crippen LogP contribution >= 0.6 is 0 Å². The van der Waals surface area contributed by atoms with Gasteiger partial charge in [0.2, 0.25) is 0 Å². The van der Waals surface area contributed by atoms with Gasteiger partial charge in [0, 0.05) is 33.0 Å². The van der Waals surface area contributed by atoms with Crippen molar-refractivity contribution in [3.8, 4) is 0 Å². The average Bonchev–Trinajstić information content (AvgIpc) is 2.76. The molecule has 0 amide bonds. The second-order valence-corrected chi connectivity index (χ2v) is 4.33. The summed E-state index contributed by atoms with van der Waals surface area (Å²) in [5.41, 5.74) is 5.98. The molecular formula is C11H17N3O2. The smallest absolute Gasteiger partial charge is 0.173 e. The van der Waals surface area contributed by atoms with Gasteiger partial charge in [0.05, 0.1) is 17.2 Å². The molecule has 5 heteroatoms. The van der Waals surface area contributed by atoms with E-state index in [1.54, 1.807) is 24.1 Å². The van der Waals surface area contributed by atoms with Crippen molar-refractivity contribution in [1.82, 2.24) is 9.78 Å². The third-order valence-electron chi connectivity index (χ3n) is 3.29. The van der Waals surface area contributed by atoms with Crippen molar-refractivity contribution in [3.63, 3.8) is 0 Å². The maximum atomic E-state index is 12.4. The number of rotatable bonds is 3. The molecule has 1 aromatic rings. The minimum atomic E-state index is -0.443. The summed E-state index contributed by atoms with van der Waals surface area (Å²) in [6.07, 6.45) is 4.76. The van der Waals surface area contributed by atoms with Gasteiger partial charge in [-0.15, -0.1) is 0 Å². The van der Waals surface area contributed by atoms with Gasteiger partial charge < -0.3 is 10.5 Å². The monoisotopic (exact) mass is 223 g/mol. The lowest BCUT2D eigenvalue weighted by Gasteiger charge is -2.34. The Morgan fingerprint density at radius 3 is 2.81 bits per heavy atom. The SMILES string of the molecule is Cn1cc(C(=O)C2(CN)CCOCC2)cn1. The van der Waals surface area contributed by atoms with Crippen LogP contribution in [0.5, 0.6) is 0 Å². The van der Waals surface area contributed by atoms with Crippen LogP contribution in [0.1, 0.15) is 23.2 Å². The Kier molecular flexibility index (Phi) is 3.07. The van der Waals surface area contributed by atoms with Crippen molar-refractivity contribution >= 4 is 5.78 Å². The van der Waals surface area contributed by atoms with E-state index in [9.17, 15) is 4.79 Å². The average molecular weight is 223 g/mol. The summed E-state index contributed by atoms with van der Waals surface area (Å²) >= 11 is 0. The third-order valence-corrected chi connectivity index (χ3v) is 3.29. The van der Waals surface area contributed by atoms with Crippen LogP contribution in [-0.2, 0) is 11.8 Å². The van der Waals surface area contributed by atoms with Crippen LogP contribution in [0, 0.1) is 5.41 Å². The topological polar surface area (TPSA) is 70.1 Å². The molecular weight excluding hydrogens is 206 g/mol. The standard InChI is InChI=1S/C11H17N3O2/c1-14-7-9(6-13-14)10(15)11(8-12)2-4-16-5-3-11/h6-7H,2-5,8,12H2,1H3. The zero-order valence-corrected chi connectivity index (χ0v) is 9.48. The molecule has 0 bridgehead atoms. The fourth-order valence-electron chi connectivity index (χ4n) is 2.13. The molecule has 0 radical (unpaired) electrons. The van der Waals surface area contributed by atoms with Crippen LogP contribution in [0.4, 0.5) is 0 Å². The predicted octanol–water partition coefficient (Wildman–Crippen LogP) is 0.358. The Bertz CT molecular complexity index is 380. The van der Waals surface area contributed by atoms with Gasteiger partial charge in [0.1, 0.15) is 0 Å². The van der Waals surface area contributed by atoms with Crippen LogP contribution in [-0.4, -0.2) is 35.3 Å². The second-order valence-electron chi connectivity index (χ2n) is 4.33. The van der Waals surface area contributed by atoms with E-state index < -0.39 is 5.41 Å². The Morgan fingerprint density at radius 2 is 2.31 bits per heavy atom. The second kappa shape index (κ2) is 4.35. The Balaban J connectivity index is 2.24. The highest BCUT2D eigenvalue weighted by Gasteiger charge is 2.39. The van der Waals surface area contributed by atoms with Crippen LogP contribution < -0.4 is 5.73 Å². The molecule has 0 saturated carbocycles. The fraction of sp³-hybridized carbons (Fsp3) is 0.636. The normalized spacial score (nSPS) is 19.6. The number of carbonyl (C=O) groups is 1. The predicted molar refractivity (Wildman–Crippen MR) is 59.1 cm³/mol. The number of aryl methyl sites for hydroxylation is 1. The molecule has 1 aliphatic rings. The van der Waals surface area contributed by atoms with Crippen molar-refractivity contribution in [2.45, 2.75) is 12.8 Å². The number of nitrogens with zero attached hydrogens (tertiary/aromatic N) is 2. The fourth-order valence-corrected chi connectivity index (χ4v) is 2.13. The van der Waals surface area contributed by atoms with Gasteiger partial charge in [-0.05, 0) is 12.8 Å². The molecule has 2 heterocycles. The van der Waals surface area contributed by atoms with E-state index in [2.05, 4.69) is 5.10 Å². The summed E-state index contributed by atoms with van der Waals surface area (Å²) in [6.45, 7) is 1.61. The first-order valence-electron chi connectivity index (χ1n) is 5.49. The number of ether oxygens (including phenoxy) is 1. The molecule has 0 aromatic carbocycles. The van der Waals surface area contributed by atoms with Gasteiger partial charge in [-0.3, -0.25) is 9.48 Å². The summed E-state index contributed by atoms with van der Waals surface area (Å²) in [4.78, 5) is 12.4. The van der Waals surface area contributed by atoms with E-state index in [-0.39, 0.29) is 5.78 Å². The summed E-state index contributed by atoms with van der Waals surface area (Å²) in [5, 5.41) is 4.02. The number of Topliss-reactive ketones (excluding diaryl/α,β-unsaturated/α-hetero) is 1. The van der Waals surface area contributed by atoms with E-state index in [1.807, 2.05) is 0 Å². The molecule has 0 unspecified atom stereocenters. The van der Waals surface area contributed by atoms with Gasteiger partial charge in [-0.25, -0.2) is 0 Å². The number of hydrogen-bond donors (Lipinski definition) is 1. The molecule has 2 rings (SSSR count). The van der Waals surface area contributed by atoms with Crippen molar-refractivity contribution in [1.29, 1.82) is 0 Å². The zero-order valence-electron chi connectivity index (χ0n) is 9.48. The lowest BCUT2D eigenvalue weighted by atomic mass is 9.75. The third kappa shape index (κ3) is 1.88. The number of hydrogen-bond acceptors (Lipinski definition) is 4. The van der Waals surface area contributed by atoms with Gasteiger partial charge in [-0.1, -0.05) is 0 Å². The van der Waals surface area contributed by atoms with E-state index in [0.29, 0.717) is 38.2 Å². The van der Waals surface area contributed by atoms with Gasteiger partial charge >= 0.3 is 0 Å². The molecule has 2 N–H and O–H groups in total. The number of nitrogens with two attached hydrogens (primary N) is 1. The molecule has 1 saturated heterocycles. The minimum absolute atomic E-state index is 0.103. The summed E-state index contributed by atoms with van der Waals surface area (Å²) in [6, 6.07) is 0. The highest BCUT2D eigenvalue weighted by atomic mass is 16.5. The van der Waals surface area contributed by atoms with E-state index >= 15 is 0 Å². The zero-order chi connectivity index (χ0) is 11.6. The van der Waals surface area contributed by atoms with Gasteiger partial charge in [-0.2, -0.15) is 5.10 Å². The molecule has 0 atom stereocenters. The van der Waals surface area contributed by atoms with Crippen LogP contribution in [0.25, 0.3) is 0 Å². The van der Waals surface area contributed by atoms with Gasteiger partial charge in [0.25, 0.3) is 0 Å². The first-order chi connectivity index (χ1) is 7.68. The van der Waals surface area contributed by atoms with E-state index in [4.69, 9.17) is 10.5 Å². The lowest BCUT2D eigenvalue weighted by Crippen LogP contribution is -2.43. The molecule has 5 nitrogen and oxygen atoms in total. The number of aromatic nitrogens is 2. The van der Waals surface area contributed by atoms with Crippen LogP contribution in [0.3, 0.4) is 0 Å². The highest BCUT2D eigenvalue weighted by molar-refractivity contribution is 6.00. The summed E-state index contributed by atoms with van der Waals surface area (Å²) in [7, 11) is 1.80. The maximum absolute atomic E-state index is 12.4. The molecule has 0 spiro atoms. The minimum Gasteiger partial charge on any atom is -0.381 e. The molecule has 0 aliphatic carbocycles. The van der Waals surface area contributed by atoms with Crippen molar-refractivity contribution in [3.05, 3.63) is 18.0 Å². The van der Waals surface area contributed by atoms with Crippen LogP contribution in [0.2, 0.25) is 0 Å². The summed E-state index contributed by atoms with van der Waals surface area (Å²) in [5.74, 6) is 0.103. The Morgan fingerprint density at radius 1 is 1.62 bits per heavy atom. The highest BCUT2D eigenvalue weighted by Crippen LogP contribution is 2.33. The van der Waals surface area contributed by atoms with Crippen LogP contribution in [0.15, 0.2) is 12.4 Å².